The van der Waals surface area contributed by atoms with Crippen LogP contribution in [0, 0.1) is 17.6 Å². The third-order valence-electron chi connectivity index (χ3n) is 2.97. The van der Waals surface area contributed by atoms with Crippen LogP contribution in [0.1, 0.15) is 12.8 Å². The maximum absolute atomic E-state index is 12.9. The molecule has 100 valence electrons. The van der Waals surface area contributed by atoms with Gasteiger partial charge in [0.05, 0.1) is 11.0 Å². The van der Waals surface area contributed by atoms with Crippen LogP contribution in [0.2, 0.25) is 0 Å². The number of benzene rings is 1. The molecule has 1 saturated carbocycles. The van der Waals surface area contributed by atoms with Gasteiger partial charge in [0.15, 0.2) is 11.6 Å². The Morgan fingerprint density at radius 3 is 2.50 bits per heavy atom. The molecule has 0 spiro atoms. The van der Waals surface area contributed by atoms with Gasteiger partial charge in [0, 0.05) is 6.54 Å². The van der Waals surface area contributed by atoms with Gasteiger partial charge in [0.25, 0.3) is 0 Å². The zero-order valence-electron chi connectivity index (χ0n) is 9.44. The van der Waals surface area contributed by atoms with E-state index in [-0.39, 0.29) is 23.5 Å². The maximum atomic E-state index is 12.9. The van der Waals surface area contributed by atoms with Gasteiger partial charge in [0.2, 0.25) is 10.0 Å². The Hall–Kier alpha value is -1.05. The van der Waals surface area contributed by atoms with Crippen LogP contribution in [0.5, 0.6) is 0 Å². The van der Waals surface area contributed by atoms with E-state index in [1.165, 1.54) is 0 Å². The third kappa shape index (κ3) is 2.85. The SMILES string of the molecule is O=S(=O)(NCC1CC(O)C1)c1ccc(F)c(F)c1. The molecule has 18 heavy (non-hydrogen) atoms. The molecule has 0 saturated heterocycles. The second kappa shape index (κ2) is 4.91. The Morgan fingerprint density at radius 1 is 1.28 bits per heavy atom. The number of aliphatic hydroxyl groups excluding tert-OH is 1. The fourth-order valence-corrected chi connectivity index (χ4v) is 2.95. The summed E-state index contributed by atoms with van der Waals surface area (Å²) in [5.74, 6) is -2.19. The Balaban J connectivity index is 2.03. The standard InChI is InChI=1S/C11H13F2NO3S/c12-10-2-1-9(5-11(10)13)18(16,17)14-6-7-3-8(15)4-7/h1-2,5,7-8,14-15H,3-4,6H2. The molecule has 0 amide bonds. The van der Waals surface area contributed by atoms with Crippen molar-refractivity contribution in [1.82, 2.24) is 4.72 Å². The number of hydrogen-bond donors (Lipinski definition) is 2. The van der Waals surface area contributed by atoms with Crippen LogP contribution in [0.25, 0.3) is 0 Å². The van der Waals surface area contributed by atoms with E-state index in [1.807, 2.05) is 0 Å². The van der Waals surface area contributed by atoms with E-state index in [1.54, 1.807) is 0 Å². The lowest BCUT2D eigenvalue weighted by Gasteiger charge is -2.31. The molecule has 0 atom stereocenters. The van der Waals surface area contributed by atoms with Gasteiger partial charge < -0.3 is 5.11 Å². The molecule has 1 fully saturated rings. The first-order valence-corrected chi connectivity index (χ1v) is 6.99. The summed E-state index contributed by atoms with van der Waals surface area (Å²) in [4.78, 5) is -0.304. The third-order valence-corrected chi connectivity index (χ3v) is 4.40. The lowest BCUT2D eigenvalue weighted by molar-refractivity contribution is 0.0453. The minimum atomic E-state index is -3.83. The van der Waals surface area contributed by atoms with Crippen molar-refractivity contribution in [1.29, 1.82) is 0 Å². The van der Waals surface area contributed by atoms with Crippen molar-refractivity contribution in [2.45, 2.75) is 23.8 Å². The normalized spacial score (nSPS) is 23.7. The highest BCUT2D eigenvalue weighted by molar-refractivity contribution is 7.89. The molecule has 0 unspecified atom stereocenters. The van der Waals surface area contributed by atoms with Crippen molar-refractivity contribution in [3.8, 4) is 0 Å². The van der Waals surface area contributed by atoms with Crippen LogP contribution >= 0.6 is 0 Å². The smallest absolute Gasteiger partial charge is 0.240 e. The first-order chi connectivity index (χ1) is 8.38. The second-order valence-corrected chi connectivity index (χ2v) is 6.19. The van der Waals surface area contributed by atoms with Crippen molar-refractivity contribution in [3.63, 3.8) is 0 Å². The summed E-state index contributed by atoms with van der Waals surface area (Å²) < 4.78 is 51.5. The molecular formula is C11H13F2NO3S. The van der Waals surface area contributed by atoms with E-state index in [9.17, 15) is 17.2 Å². The monoisotopic (exact) mass is 277 g/mol. The molecule has 1 aromatic carbocycles. The van der Waals surface area contributed by atoms with Crippen LogP contribution in [-0.4, -0.2) is 26.2 Å². The van der Waals surface area contributed by atoms with Crippen LogP contribution in [0.3, 0.4) is 0 Å². The van der Waals surface area contributed by atoms with Gasteiger partial charge in [-0.1, -0.05) is 0 Å². The number of aliphatic hydroxyl groups is 1. The van der Waals surface area contributed by atoms with Crippen LogP contribution < -0.4 is 4.72 Å². The molecule has 0 aromatic heterocycles. The number of hydrogen-bond acceptors (Lipinski definition) is 3. The lowest BCUT2D eigenvalue weighted by atomic mass is 9.83. The first-order valence-electron chi connectivity index (χ1n) is 5.51. The van der Waals surface area contributed by atoms with Crippen molar-refractivity contribution in [2.24, 2.45) is 5.92 Å². The number of nitrogens with one attached hydrogen (secondary N) is 1. The molecule has 7 heteroatoms. The Kier molecular flexibility index (Phi) is 3.65. The van der Waals surface area contributed by atoms with E-state index >= 15 is 0 Å². The second-order valence-electron chi connectivity index (χ2n) is 4.42. The molecule has 1 aromatic rings. The molecule has 0 bridgehead atoms. The van der Waals surface area contributed by atoms with Crippen molar-refractivity contribution < 1.29 is 22.3 Å². The van der Waals surface area contributed by atoms with Crippen LogP contribution in [-0.2, 0) is 10.0 Å². The first kappa shape index (κ1) is 13.4. The Labute approximate surface area is 104 Å². The molecular weight excluding hydrogens is 264 g/mol. The van der Waals surface area contributed by atoms with E-state index in [0.29, 0.717) is 18.9 Å². The summed E-state index contributed by atoms with van der Waals surface area (Å²) in [6, 6.07) is 2.43. The van der Waals surface area contributed by atoms with Crippen molar-refractivity contribution in [3.05, 3.63) is 29.8 Å². The Bertz CT molecular complexity index is 541. The number of halogens is 2. The van der Waals surface area contributed by atoms with Gasteiger partial charge in [-0.25, -0.2) is 21.9 Å². The van der Waals surface area contributed by atoms with E-state index in [4.69, 9.17) is 5.11 Å². The van der Waals surface area contributed by atoms with Gasteiger partial charge in [-0.2, -0.15) is 0 Å². The highest BCUT2D eigenvalue weighted by Gasteiger charge is 2.28. The maximum Gasteiger partial charge on any atom is 0.240 e. The summed E-state index contributed by atoms with van der Waals surface area (Å²) in [7, 11) is -3.83. The highest BCUT2D eigenvalue weighted by atomic mass is 32.2. The predicted molar refractivity (Wildman–Crippen MR) is 60.3 cm³/mol. The average Bonchev–Trinajstić information content (AvgIpc) is 2.26. The molecule has 1 aliphatic rings. The lowest BCUT2D eigenvalue weighted by Crippen LogP contribution is -2.38. The molecule has 0 radical (unpaired) electrons. The van der Waals surface area contributed by atoms with Crippen molar-refractivity contribution in [2.75, 3.05) is 6.54 Å². The van der Waals surface area contributed by atoms with E-state index in [2.05, 4.69) is 4.72 Å². The van der Waals surface area contributed by atoms with Gasteiger partial charge in [0.1, 0.15) is 0 Å². The zero-order valence-corrected chi connectivity index (χ0v) is 10.3. The van der Waals surface area contributed by atoms with E-state index < -0.39 is 21.7 Å². The molecule has 0 heterocycles. The van der Waals surface area contributed by atoms with E-state index in [0.717, 1.165) is 12.1 Å². The summed E-state index contributed by atoms with van der Waals surface area (Å²) in [5.41, 5.74) is 0. The van der Waals surface area contributed by atoms with Gasteiger partial charge in [-0.05, 0) is 37.0 Å². The summed E-state index contributed by atoms with van der Waals surface area (Å²) in [5, 5.41) is 9.06. The van der Waals surface area contributed by atoms with Crippen molar-refractivity contribution >= 4 is 10.0 Å². The topological polar surface area (TPSA) is 66.4 Å². The molecule has 2 N–H and O–H groups in total. The minimum absolute atomic E-state index is 0.0973. The minimum Gasteiger partial charge on any atom is -0.393 e. The zero-order chi connectivity index (χ0) is 13.3. The average molecular weight is 277 g/mol. The molecule has 1 aliphatic carbocycles. The van der Waals surface area contributed by atoms with Gasteiger partial charge in [-0.3, -0.25) is 0 Å². The Morgan fingerprint density at radius 2 is 1.94 bits per heavy atom. The number of sulfonamides is 1. The highest BCUT2D eigenvalue weighted by Crippen LogP contribution is 2.26. The molecule has 4 nitrogen and oxygen atoms in total. The largest absolute Gasteiger partial charge is 0.393 e. The van der Waals surface area contributed by atoms with Gasteiger partial charge >= 0.3 is 0 Å². The van der Waals surface area contributed by atoms with Crippen LogP contribution in [0.4, 0.5) is 8.78 Å². The van der Waals surface area contributed by atoms with Crippen LogP contribution in [0.15, 0.2) is 23.1 Å². The van der Waals surface area contributed by atoms with Gasteiger partial charge in [-0.15, -0.1) is 0 Å². The predicted octanol–water partition coefficient (Wildman–Crippen LogP) is 1.01. The molecule has 2 rings (SSSR count). The molecule has 0 aliphatic heterocycles. The number of rotatable bonds is 4. The summed E-state index contributed by atoms with van der Waals surface area (Å²) in [6.45, 7) is 0.193. The fraction of sp³-hybridized carbons (Fsp3) is 0.455. The summed E-state index contributed by atoms with van der Waals surface area (Å²) in [6.07, 6.45) is 0.753. The fourth-order valence-electron chi connectivity index (χ4n) is 1.82. The summed E-state index contributed by atoms with van der Waals surface area (Å²) >= 11 is 0. The quantitative estimate of drug-likeness (QED) is 0.863.